The fourth-order valence-electron chi connectivity index (χ4n) is 5.28. The SMILES string of the molecule is CC1=CN(Cc2nn3c(c2C)C(=O)N(c2ccc(-c4ncc5cc(C(F)(F)F)ccc5n4)cc2C)CC3)CCO1. The molecule has 0 saturated carbocycles. The summed E-state index contributed by atoms with van der Waals surface area (Å²) in [5.74, 6) is 1.16. The Morgan fingerprint density at radius 2 is 1.85 bits per heavy atom. The van der Waals surface area contributed by atoms with Crippen molar-refractivity contribution >= 4 is 22.5 Å². The smallest absolute Gasteiger partial charge is 0.416 e. The molecule has 6 rings (SSSR count). The van der Waals surface area contributed by atoms with E-state index in [9.17, 15) is 18.0 Å². The first-order valence-electron chi connectivity index (χ1n) is 13.0. The molecule has 2 aromatic carbocycles. The third-order valence-electron chi connectivity index (χ3n) is 7.35. The topological polar surface area (TPSA) is 76.4 Å². The monoisotopic (exact) mass is 548 g/mol. The van der Waals surface area contributed by atoms with Crippen LogP contribution in [-0.4, -0.2) is 50.3 Å². The maximum atomic E-state index is 13.7. The standard InChI is InChI=1S/C29H27F3N6O2/c1-17-12-20(27-33-14-21-13-22(29(30,31)32)5-6-23(21)34-27)4-7-25(17)37-8-9-38-26(28(37)39)19(3)24(35-38)16-36-10-11-40-18(2)15-36/h4-7,12-15H,8-11,16H2,1-3H3. The normalized spacial score (nSPS) is 15.8. The number of hydrogen-bond acceptors (Lipinski definition) is 6. The second-order valence-corrected chi connectivity index (χ2v) is 10.1. The van der Waals surface area contributed by atoms with Crippen LogP contribution in [0.4, 0.5) is 18.9 Å². The molecule has 40 heavy (non-hydrogen) atoms. The van der Waals surface area contributed by atoms with Gasteiger partial charge in [-0.1, -0.05) is 0 Å². The number of aromatic nitrogens is 4. The molecular formula is C29H27F3N6O2. The van der Waals surface area contributed by atoms with Crippen LogP contribution in [0, 0.1) is 13.8 Å². The predicted octanol–water partition coefficient (Wildman–Crippen LogP) is 5.48. The number of allylic oxidation sites excluding steroid dienone is 1. The number of ether oxygens (including phenoxy) is 1. The van der Waals surface area contributed by atoms with E-state index in [1.54, 1.807) is 9.58 Å². The van der Waals surface area contributed by atoms with Crippen LogP contribution in [-0.2, 0) is 24.0 Å². The van der Waals surface area contributed by atoms with Crippen LogP contribution in [0.1, 0.15) is 39.8 Å². The Hall–Kier alpha value is -4.41. The lowest BCUT2D eigenvalue weighted by molar-refractivity contribution is -0.137. The number of alkyl halides is 3. The summed E-state index contributed by atoms with van der Waals surface area (Å²) in [6.07, 6.45) is -1.05. The van der Waals surface area contributed by atoms with Crippen LogP contribution < -0.4 is 4.90 Å². The zero-order valence-electron chi connectivity index (χ0n) is 22.3. The number of carbonyl (C=O) groups is 1. The second-order valence-electron chi connectivity index (χ2n) is 10.1. The van der Waals surface area contributed by atoms with Gasteiger partial charge in [0.2, 0.25) is 0 Å². The molecule has 4 heterocycles. The number of amides is 1. The Morgan fingerprint density at radius 1 is 1.02 bits per heavy atom. The van der Waals surface area contributed by atoms with Crippen molar-refractivity contribution in [2.24, 2.45) is 0 Å². The van der Waals surface area contributed by atoms with Gasteiger partial charge in [-0.05, 0) is 62.7 Å². The van der Waals surface area contributed by atoms with Gasteiger partial charge in [-0.15, -0.1) is 0 Å². The van der Waals surface area contributed by atoms with E-state index in [-0.39, 0.29) is 5.91 Å². The van der Waals surface area contributed by atoms with E-state index in [0.29, 0.717) is 54.2 Å². The van der Waals surface area contributed by atoms with Crippen LogP contribution in [0.5, 0.6) is 0 Å². The molecule has 0 saturated heterocycles. The number of carbonyl (C=O) groups excluding carboxylic acids is 1. The van der Waals surface area contributed by atoms with Crippen molar-refractivity contribution in [2.75, 3.05) is 24.6 Å². The Labute approximate surface area is 228 Å². The maximum absolute atomic E-state index is 13.7. The fraction of sp³-hybridized carbons (Fsp3) is 0.310. The summed E-state index contributed by atoms with van der Waals surface area (Å²) < 4.78 is 46.5. The first-order valence-corrected chi connectivity index (χ1v) is 13.0. The molecule has 0 bridgehead atoms. The predicted molar refractivity (Wildman–Crippen MR) is 143 cm³/mol. The van der Waals surface area contributed by atoms with Crippen LogP contribution >= 0.6 is 0 Å². The highest BCUT2D eigenvalue weighted by Crippen LogP contribution is 2.33. The first-order chi connectivity index (χ1) is 19.1. The minimum atomic E-state index is -4.43. The largest absolute Gasteiger partial charge is 0.495 e. The summed E-state index contributed by atoms with van der Waals surface area (Å²) in [5.41, 5.74) is 4.39. The van der Waals surface area contributed by atoms with Gasteiger partial charge in [-0.25, -0.2) is 9.97 Å². The summed E-state index contributed by atoms with van der Waals surface area (Å²) in [6, 6.07) is 9.02. The number of anilines is 1. The second kappa shape index (κ2) is 9.65. The zero-order chi connectivity index (χ0) is 28.2. The molecule has 206 valence electrons. The molecule has 2 aliphatic rings. The van der Waals surface area contributed by atoms with Crippen molar-refractivity contribution in [2.45, 2.75) is 40.0 Å². The molecule has 2 aliphatic heterocycles. The van der Waals surface area contributed by atoms with Crippen molar-refractivity contribution in [3.63, 3.8) is 0 Å². The van der Waals surface area contributed by atoms with Gasteiger partial charge in [0.25, 0.3) is 5.91 Å². The van der Waals surface area contributed by atoms with Crippen LogP contribution in [0.2, 0.25) is 0 Å². The maximum Gasteiger partial charge on any atom is 0.416 e. The van der Waals surface area contributed by atoms with Gasteiger partial charge >= 0.3 is 6.18 Å². The summed E-state index contributed by atoms with van der Waals surface area (Å²) >= 11 is 0. The van der Waals surface area contributed by atoms with Crippen molar-refractivity contribution in [3.8, 4) is 11.4 Å². The van der Waals surface area contributed by atoms with Gasteiger partial charge in [0.15, 0.2) is 5.82 Å². The summed E-state index contributed by atoms with van der Waals surface area (Å²) in [7, 11) is 0. The molecule has 0 fully saturated rings. The third kappa shape index (κ3) is 4.65. The Balaban J connectivity index is 1.25. The van der Waals surface area contributed by atoms with Crippen molar-refractivity contribution in [3.05, 3.63) is 82.6 Å². The summed E-state index contributed by atoms with van der Waals surface area (Å²) in [5, 5.41) is 5.06. The lowest BCUT2D eigenvalue weighted by Gasteiger charge is -2.29. The zero-order valence-corrected chi connectivity index (χ0v) is 22.3. The molecule has 1 amide bonds. The van der Waals surface area contributed by atoms with E-state index >= 15 is 0 Å². The number of hydrogen-bond donors (Lipinski definition) is 0. The Morgan fingerprint density at radius 3 is 2.60 bits per heavy atom. The van der Waals surface area contributed by atoms with E-state index < -0.39 is 11.7 Å². The third-order valence-corrected chi connectivity index (χ3v) is 7.35. The molecule has 4 aromatic rings. The Kier molecular flexibility index (Phi) is 6.24. The highest BCUT2D eigenvalue weighted by Gasteiger charge is 2.32. The van der Waals surface area contributed by atoms with Gasteiger partial charge in [0, 0.05) is 41.1 Å². The fourth-order valence-corrected chi connectivity index (χ4v) is 5.28. The van der Waals surface area contributed by atoms with Crippen molar-refractivity contribution in [1.82, 2.24) is 24.6 Å². The molecule has 2 aromatic heterocycles. The average Bonchev–Trinajstić information content (AvgIpc) is 3.23. The van der Waals surface area contributed by atoms with Gasteiger partial charge in [-0.2, -0.15) is 18.3 Å². The first kappa shape index (κ1) is 25.8. The van der Waals surface area contributed by atoms with E-state index in [4.69, 9.17) is 9.84 Å². The number of aryl methyl sites for hydroxylation is 1. The molecule has 0 atom stereocenters. The van der Waals surface area contributed by atoms with E-state index in [2.05, 4.69) is 14.9 Å². The summed E-state index contributed by atoms with van der Waals surface area (Å²) in [6.45, 7) is 8.84. The minimum absolute atomic E-state index is 0.102. The highest BCUT2D eigenvalue weighted by atomic mass is 19.4. The number of rotatable bonds is 4. The lowest BCUT2D eigenvalue weighted by atomic mass is 10.1. The van der Waals surface area contributed by atoms with Crippen LogP contribution in [0.15, 0.2) is 54.6 Å². The van der Waals surface area contributed by atoms with Crippen molar-refractivity contribution in [1.29, 1.82) is 0 Å². The average molecular weight is 549 g/mol. The number of fused-ring (bicyclic) bond motifs is 2. The number of nitrogens with zero attached hydrogens (tertiary/aromatic N) is 6. The number of halogens is 3. The van der Waals surface area contributed by atoms with Crippen molar-refractivity contribution < 1.29 is 22.7 Å². The van der Waals surface area contributed by atoms with Gasteiger partial charge in [0.1, 0.15) is 18.1 Å². The van der Waals surface area contributed by atoms with Gasteiger partial charge < -0.3 is 14.5 Å². The Bertz CT molecular complexity index is 1680. The summed E-state index contributed by atoms with van der Waals surface area (Å²) in [4.78, 5) is 26.4. The lowest BCUT2D eigenvalue weighted by Crippen LogP contribution is -2.41. The van der Waals surface area contributed by atoms with Crippen LogP contribution in [0.3, 0.4) is 0 Å². The molecule has 0 aliphatic carbocycles. The van der Waals surface area contributed by atoms with Gasteiger partial charge in [0.05, 0.1) is 36.4 Å². The van der Waals surface area contributed by atoms with Crippen LogP contribution in [0.25, 0.3) is 22.3 Å². The highest BCUT2D eigenvalue weighted by molar-refractivity contribution is 6.07. The molecule has 0 unspecified atom stereocenters. The molecule has 0 radical (unpaired) electrons. The van der Waals surface area contributed by atoms with E-state index in [1.807, 2.05) is 45.2 Å². The molecule has 11 heteroatoms. The van der Waals surface area contributed by atoms with Gasteiger partial charge in [-0.3, -0.25) is 9.48 Å². The quantitative estimate of drug-likeness (QED) is 0.336. The minimum Gasteiger partial charge on any atom is -0.495 e. The van der Waals surface area contributed by atoms with E-state index in [0.717, 1.165) is 46.9 Å². The molecule has 8 nitrogen and oxygen atoms in total. The number of benzene rings is 2. The molecule has 0 N–H and O–H groups in total. The van der Waals surface area contributed by atoms with E-state index in [1.165, 1.54) is 12.3 Å². The molecule has 0 spiro atoms. The molecular weight excluding hydrogens is 521 g/mol.